The van der Waals surface area contributed by atoms with Crippen molar-refractivity contribution in [3.63, 3.8) is 0 Å². The van der Waals surface area contributed by atoms with Crippen molar-refractivity contribution in [1.29, 1.82) is 0 Å². The zero-order chi connectivity index (χ0) is 9.68. The first-order valence-corrected chi connectivity index (χ1v) is 4.12. The van der Waals surface area contributed by atoms with Gasteiger partial charge in [-0.3, -0.25) is 4.79 Å². The molecule has 0 saturated carbocycles. The smallest absolute Gasteiger partial charge is 0.241 e. The Hall–Kier alpha value is -1.43. The third kappa shape index (κ3) is 2.83. The van der Waals surface area contributed by atoms with Gasteiger partial charge in [0.1, 0.15) is 6.54 Å². The number of nitrogens with two attached hydrogens (primary N) is 1. The van der Waals surface area contributed by atoms with Crippen molar-refractivity contribution in [3.05, 3.63) is 11.9 Å². The van der Waals surface area contributed by atoms with Gasteiger partial charge in [-0.15, -0.1) is 5.10 Å². The van der Waals surface area contributed by atoms with Crippen LogP contribution in [0.25, 0.3) is 0 Å². The van der Waals surface area contributed by atoms with Crippen LogP contribution in [0.2, 0.25) is 0 Å². The number of likely N-dealkylation sites (N-methyl/N-ethyl adjacent to an activating group) is 1. The molecule has 1 heterocycles. The minimum atomic E-state index is -0.0732. The molecule has 0 atom stereocenters. The van der Waals surface area contributed by atoms with E-state index >= 15 is 0 Å². The van der Waals surface area contributed by atoms with Crippen LogP contribution in [0.4, 0.5) is 0 Å². The van der Waals surface area contributed by atoms with Gasteiger partial charge in [-0.1, -0.05) is 5.21 Å². The van der Waals surface area contributed by atoms with Crippen LogP contribution >= 0.6 is 0 Å². The lowest BCUT2D eigenvalue weighted by molar-refractivity contribution is -0.121. The largest absolute Gasteiger partial charge is 0.355 e. The summed E-state index contributed by atoms with van der Waals surface area (Å²) in [6, 6.07) is 0. The summed E-state index contributed by atoms with van der Waals surface area (Å²) in [6.45, 7) is 3.03. The number of amides is 1. The number of aromatic nitrogens is 3. The molecule has 0 aliphatic carbocycles. The highest BCUT2D eigenvalue weighted by Crippen LogP contribution is 1.90. The fourth-order valence-corrected chi connectivity index (χ4v) is 0.910. The molecule has 3 N–H and O–H groups in total. The summed E-state index contributed by atoms with van der Waals surface area (Å²) >= 11 is 0. The van der Waals surface area contributed by atoms with Crippen molar-refractivity contribution in [2.24, 2.45) is 5.73 Å². The van der Waals surface area contributed by atoms with E-state index in [-0.39, 0.29) is 12.5 Å². The second-order valence-corrected chi connectivity index (χ2v) is 2.57. The van der Waals surface area contributed by atoms with E-state index in [0.717, 1.165) is 0 Å². The van der Waals surface area contributed by atoms with Crippen molar-refractivity contribution in [2.45, 2.75) is 20.0 Å². The Morgan fingerprint density at radius 2 is 2.54 bits per heavy atom. The number of carbonyl (C=O) groups excluding carboxylic acids is 1. The first-order valence-electron chi connectivity index (χ1n) is 4.12. The first-order chi connectivity index (χ1) is 6.26. The molecule has 72 valence electrons. The summed E-state index contributed by atoms with van der Waals surface area (Å²) < 4.78 is 1.47. The average molecular weight is 183 g/mol. The van der Waals surface area contributed by atoms with E-state index in [4.69, 9.17) is 5.73 Å². The van der Waals surface area contributed by atoms with Crippen LogP contribution in [0.15, 0.2) is 6.20 Å². The van der Waals surface area contributed by atoms with Crippen LogP contribution in [0, 0.1) is 0 Å². The van der Waals surface area contributed by atoms with E-state index in [1.54, 1.807) is 6.20 Å². The van der Waals surface area contributed by atoms with Crippen LogP contribution < -0.4 is 11.1 Å². The molecule has 0 unspecified atom stereocenters. The lowest BCUT2D eigenvalue weighted by atomic mass is 10.5. The van der Waals surface area contributed by atoms with E-state index in [0.29, 0.717) is 18.8 Å². The molecule has 0 saturated heterocycles. The maximum atomic E-state index is 11.1. The maximum Gasteiger partial charge on any atom is 0.241 e. The van der Waals surface area contributed by atoms with Gasteiger partial charge in [0, 0.05) is 13.1 Å². The zero-order valence-electron chi connectivity index (χ0n) is 7.53. The molecule has 0 aromatic carbocycles. The van der Waals surface area contributed by atoms with Crippen molar-refractivity contribution in [3.8, 4) is 0 Å². The maximum absolute atomic E-state index is 11.1. The van der Waals surface area contributed by atoms with Crippen LogP contribution in [-0.2, 0) is 17.9 Å². The molecule has 0 aliphatic heterocycles. The molecule has 6 nitrogen and oxygen atoms in total. The fraction of sp³-hybridized carbons (Fsp3) is 0.571. The van der Waals surface area contributed by atoms with Crippen molar-refractivity contribution < 1.29 is 4.79 Å². The summed E-state index contributed by atoms with van der Waals surface area (Å²) in [6.07, 6.45) is 1.66. The number of carbonyl (C=O) groups is 1. The summed E-state index contributed by atoms with van der Waals surface area (Å²) in [4.78, 5) is 11.1. The van der Waals surface area contributed by atoms with E-state index in [1.807, 2.05) is 6.92 Å². The van der Waals surface area contributed by atoms with Gasteiger partial charge < -0.3 is 11.1 Å². The van der Waals surface area contributed by atoms with E-state index < -0.39 is 0 Å². The molecule has 13 heavy (non-hydrogen) atoms. The second kappa shape index (κ2) is 4.56. The molecule has 0 radical (unpaired) electrons. The van der Waals surface area contributed by atoms with Gasteiger partial charge in [-0.2, -0.15) is 0 Å². The third-order valence-corrected chi connectivity index (χ3v) is 1.47. The molecule has 0 spiro atoms. The van der Waals surface area contributed by atoms with Gasteiger partial charge in [-0.05, 0) is 6.92 Å². The Morgan fingerprint density at radius 1 is 1.77 bits per heavy atom. The molecule has 0 bridgehead atoms. The summed E-state index contributed by atoms with van der Waals surface area (Å²) in [7, 11) is 0. The van der Waals surface area contributed by atoms with Gasteiger partial charge in [0.25, 0.3) is 0 Å². The van der Waals surface area contributed by atoms with Gasteiger partial charge >= 0.3 is 0 Å². The number of nitrogens with one attached hydrogen (secondary N) is 1. The van der Waals surface area contributed by atoms with E-state index in [2.05, 4.69) is 15.6 Å². The van der Waals surface area contributed by atoms with Gasteiger partial charge in [0.2, 0.25) is 5.91 Å². The molecule has 1 aromatic rings. The SMILES string of the molecule is CCNC(=O)Cn1cc(CN)nn1. The normalized spacial score (nSPS) is 10.0. The van der Waals surface area contributed by atoms with E-state index in [9.17, 15) is 4.79 Å². The Kier molecular flexibility index (Phi) is 3.39. The van der Waals surface area contributed by atoms with Gasteiger partial charge in [0.15, 0.2) is 0 Å². The lowest BCUT2D eigenvalue weighted by Crippen LogP contribution is -2.27. The Morgan fingerprint density at radius 3 is 3.08 bits per heavy atom. The predicted octanol–water partition coefficient (Wildman–Crippen LogP) is -1.13. The number of rotatable bonds is 4. The number of nitrogens with zero attached hydrogens (tertiary/aromatic N) is 3. The standard InChI is InChI=1S/C7H13N5O/c1-2-9-7(13)5-12-4-6(3-8)10-11-12/h4H,2-3,5,8H2,1H3,(H,9,13). The molecular formula is C7H13N5O. The number of hydrogen-bond acceptors (Lipinski definition) is 4. The molecule has 0 aliphatic rings. The Bertz CT molecular complexity index is 282. The summed E-state index contributed by atoms with van der Waals surface area (Å²) in [5.41, 5.74) is 6.02. The topological polar surface area (TPSA) is 85.8 Å². The highest BCUT2D eigenvalue weighted by molar-refractivity contribution is 5.75. The lowest BCUT2D eigenvalue weighted by Gasteiger charge is -1.99. The van der Waals surface area contributed by atoms with Crippen molar-refractivity contribution in [1.82, 2.24) is 20.3 Å². The number of hydrogen-bond donors (Lipinski definition) is 2. The Labute approximate surface area is 76.1 Å². The minimum absolute atomic E-state index is 0.0732. The van der Waals surface area contributed by atoms with Gasteiger partial charge in [0.05, 0.1) is 11.9 Å². The van der Waals surface area contributed by atoms with Crippen LogP contribution in [0.1, 0.15) is 12.6 Å². The van der Waals surface area contributed by atoms with Crippen LogP contribution in [-0.4, -0.2) is 27.4 Å². The summed E-state index contributed by atoms with van der Waals surface area (Å²) in [5.74, 6) is -0.0732. The average Bonchev–Trinajstić information content (AvgIpc) is 2.52. The second-order valence-electron chi connectivity index (χ2n) is 2.57. The zero-order valence-corrected chi connectivity index (χ0v) is 7.53. The third-order valence-electron chi connectivity index (χ3n) is 1.47. The highest BCUT2D eigenvalue weighted by Gasteiger charge is 2.03. The quantitative estimate of drug-likeness (QED) is 0.618. The van der Waals surface area contributed by atoms with Crippen molar-refractivity contribution in [2.75, 3.05) is 6.54 Å². The van der Waals surface area contributed by atoms with Crippen LogP contribution in [0.5, 0.6) is 0 Å². The van der Waals surface area contributed by atoms with Crippen LogP contribution in [0.3, 0.4) is 0 Å². The first kappa shape index (κ1) is 9.66. The van der Waals surface area contributed by atoms with E-state index in [1.165, 1.54) is 4.68 Å². The summed E-state index contributed by atoms with van der Waals surface area (Å²) in [5, 5.41) is 10.2. The van der Waals surface area contributed by atoms with Crippen molar-refractivity contribution >= 4 is 5.91 Å². The monoisotopic (exact) mass is 183 g/mol. The predicted molar refractivity (Wildman–Crippen MR) is 46.6 cm³/mol. The molecule has 6 heteroatoms. The highest BCUT2D eigenvalue weighted by atomic mass is 16.2. The Balaban J connectivity index is 2.49. The molecule has 0 fully saturated rings. The fourth-order valence-electron chi connectivity index (χ4n) is 0.910. The minimum Gasteiger partial charge on any atom is -0.355 e. The molecular weight excluding hydrogens is 170 g/mol. The van der Waals surface area contributed by atoms with Gasteiger partial charge in [-0.25, -0.2) is 4.68 Å². The molecule has 1 aromatic heterocycles. The molecule has 1 rings (SSSR count). The molecule has 1 amide bonds.